The Morgan fingerprint density at radius 1 is 1.48 bits per heavy atom. The first-order valence-electron chi connectivity index (χ1n) is 6.22. The molecular formula is C11H20IN5O4. The number of aromatic nitrogens is 2. The van der Waals surface area contributed by atoms with Crippen LogP contribution >= 0.6 is 24.0 Å². The lowest BCUT2D eigenvalue weighted by atomic mass is 10.4. The molecule has 2 heterocycles. The topological polar surface area (TPSA) is 117 Å². The van der Waals surface area contributed by atoms with Crippen LogP contribution in [0.25, 0.3) is 0 Å². The molecule has 0 radical (unpaired) electrons. The number of aliphatic hydroxyl groups excluding tert-OH is 2. The van der Waals surface area contributed by atoms with Crippen LogP contribution in [0, 0.1) is 0 Å². The van der Waals surface area contributed by atoms with Crippen LogP contribution in [0.3, 0.4) is 0 Å². The van der Waals surface area contributed by atoms with Gasteiger partial charge in [-0.1, -0.05) is 0 Å². The number of hydrogen-bond acceptors (Lipinski definition) is 8. The van der Waals surface area contributed by atoms with Gasteiger partial charge in [-0.25, -0.2) is 0 Å². The summed E-state index contributed by atoms with van der Waals surface area (Å²) in [5, 5.41) is 18.7. The number of rotatable bonds is 5. The SMILES string of the molecule is CN1CN(C(O)OCCCO)c2nc(N)n(C)c(=O)c21.I. The third-order valence-electron chi connectivity index (χ3n) is 3.14. The summed E-state index contributed by atoms with van der Waals surface area (Å²) >= 11 is 0. The Morgan fingerprint density at radius 3 is 2.76 bits per heavy atom. The monoisotopic (exact) mass is 413 g/mol. The number of nitrogens with two attached hydrogens (primary N) is 1. The van der Waals surface area contributed by atoms with Gasteiger partial charge in [0.05, 0.1) is 13.3 Å². The minimum Gasteiger partial charge on any atom is -0.396 e. The molecule has 0 bridgehead atoms. The van der Waals surface area contributed by atoms with Crippen molar-refractivity contribution in [1.29, 1.82) is 0 Å². The van der Waals surface area contributed by atoms with E-state index in [0.29, 0.717) is 17.9 Å². The Hall–Kier alpha value is -1.11. The standard InChI is InChI=1S/C11H19N5O4.HI/c1-14-6-16(11(19)20-5-3-4-17)8-7(14)9(18)15(2)10(12)13-8;/h11,17,19H,3-6H2,1-2H3,(H2,12,13);1H. The molecule has 1 aromatic heterocycles. The maximum absolute atomic E-state index is 12.1. The van der Waals surface area contributed by atoms with Crippen molar-refractivity contribution < 1.29 is 14.9 Å². The van der Waals surface area contributed by atoms with Gasteiger partial charge in [0, 0.05) is 20.7 Å². The third kappa shape index (κ3) is 3.39. The fourth-order valence-electron chi connectivity index (χ4n) is 2.01. The fraction of sp³-hybridized carbons (Fsp3) is 0.636. The molecule has 4 N–H and O–H groups in total. The molecule has 0 saturated heterocycles. The van der Waals surface area contributed by atoms with Crippen molar-refractivity contribution >= 4 is 41.4 Å². The first-order chi connectivity index (χ1) is 9.47. The van der Waals surface area contributed by atoms with E-state index in [0.717, 1.165) is 0 Å². The summed E-state index contributed by atoms with van der Waals surface area (Å²) in [6.07, 6.45) is -0.830. The summed E-state index contributed by atoms with van der Waals surface area (Å²) in [4.78, 5) is 19.4. The van der Waals surface area contributed by atoms with Crippen LogP contribution in [0.15, 0.2) is 4.79 Å². The van der Waals surface area contributed by atoms with E-state index in [1.54, 1.807) is 11.9 Å². The number of fused-ring (bicyclic) bond motifs is 1. The quantitative estimate of drug-likeness (QED) is 0.316. The van der Waals surface area contributed by atoms with Crippen molar-refractivity contribution in [3.63, 3.8) is 0 Å². The van der Waals surface area contributed by atoms with Crippen LogP contribution in [-0.4, -0.2) is 53.1 Å². The van der Waals surface area contributed by atoms with Gasteiger partial charge in [-0.3, -0.25) is 14.3 Å². The minimum atomic E-state index is -1.25. The van der Waals surface area contributed by atoms with E-state index in [-0.39, 0.29) is 55.4 Å². The average molecular weight is 413 g/mol. The molecule has 0 aromatic carbocycles. The average Bonchev–Trinajstić information content (AvgIpc) is 2.73. The van der Waals surface area contributed by atoms with Gasteiger partial charge in [0.15, 0.2) is 5.82 Å². The summed E-state index contributed by atoms with van der Waals surface area (Å²) in [6, 6.07) is 0. The van der Waals surface area contributed by atoms with E-state index in [1.165, 1.54) is 16.5 Å². The second kappa shape index (κ2) is 7.24. The van der Waals surface area contributed by atoms with E-state index in [9.17, 15) is 9.90 Å². The van der Waals surface area contributed by atoms with Gasteiger partial charge in [-0.15, -0.1) is 24.0 Å². The molecular weight excluding hydrogens is 393 g/mol. The lowest BCUT2D eigenvalue weighted by molar-refractivity contribution is -0.101. The lowest BCUT2D eigenvalue weighted by Crippen LogP contribution is -2.39. The fourth-order valence-corrected chi connectivity index (χ4v) is 2.01. The Kier molecular flexibility index (Phi) is 6.19. The number of halogens is 1. The highest BCUT2D eigenvalue weighted by molar-refractivity contribution is 14.0. The van der Waals surface area contributed by atoms with Crippen LogP contribution in [-0.2, 0) is 11.8 Å². The second-order valence-corrected chi connectivity index (χ2v) is 4.59. The van der Waals surface area contributed by atoms with E-state index >= 15 is 0 Å². The zero-order valence-electron chi connectivity index (χ0n) is 11.9. The Bertz CT molecular complexity index is 552. The maximum Gasteiger partial charge on any atom is 0.280 e. The van der Waals surface area contributed by atoms with Gasteiger partial charge in [0.25, 0.3) is 5.56 Å². The zero-order chi connectivity index (χ0) is 14.9. The van der Waals surface area contributed by atoms with Crippen LogP contribution in [0.2, 0.25) is 0 Å². The molecule has 21 heavy (non-hydrogen) atoms. The van der Waals surface area contributed by atoms with Crippen molar-refractivity contribution in [1.82, 2.24) is 9.55 Å². The minimum absolute atomic E-state index is 0. The van der Waals surface area contributed by atoms with Gasteiger partial charge >= 0.3 is 0 Å². The van der Waals surface area contributed by atoms with Crippen LogP contribution in [0.1, 0.15) is 6.42 Å². The van der Waals surface area contributed by atoms with Crippen LogP contribution in [0.4, 0.5) is 17.5 Å². The van der Waals surface area contributed by atoms with E-state index in [4.69, 9.17) is 15.6 Å². The van der Waals surface area contributed by atoms with Gasteiger partial charge in [-0.2, -0.15) is 4.98 Å². The first-order valence-corrected chi connectivity index (χ1v) is 6.22. The molecule has 0 saturated carbocycles. The lowest BCUT2D eigenvalue weighted by Gasteiger charge is -2.24. The molecule has 0 spiro atoms. The Labute approximate surface area is 138 Å². The molecule has 10 heteroatoms. The summed E-state index contributed by atoms with van der Waals surface area (Å²) in [7, 11) is 3.26. The summed E-state index contributed by atoms with van der Waals surface area (Å²) in [6.45, 7) is 0.448. The van der Waals surface area contributed by atoms with E-state index < -0.39 is 6.41 Å². The number of anilines is 3. The number of hydrogen-bond donors (Lipinski definition) is 3. The molecule has 0 fully saturated rings. The summed E-state index contributed by atoms with van der Waals surface area (Å²) in [5.74, 6) is 0.362. The highest BCUT2D eigenvalue weighted by Gasteiger charge is 2.33. The van der Waals surface area contributed by atoms with Crippen LogP contribution < -0.4 is 21.1 Å². The van der Waals surface area contributed by atoms with Gasteiger partial charge in [-0.05, 0) is 6.42 Å². The molecule has 2 rings (SSSR count). The van der Waals surface area contributed by atoms with Crippen molar-refractivity contribution in [2.24, 2.45) is 7.05 Å². The Morgan fingerprint density at radius 2 is 2.14 bits per heavy atom. The third-order valence-corrected chi connectivity index (χ3v) is 3.14. The molecule has 9 nitrogen and oxygen atoms in total. The van der Waals surface area contributed by atoms with E-state index in [2.05, 4.69) is 4.98 Å². The van der Waals surface area contributed by atoms with E-state index in [1.807, 2.05) is 0 Å². The van der Waals surface area contributed by atoms with Crippen molar-refractivity contribution in [3.05, 3.63) is 10.4 Å². The molecule has 1 aliphatic heterocycles. The number of nitrogen functional groups attached to an aromatic ring is 1. The smallest absolute Gasteiger partial charge is 0.280 e. The molecule has 1 aromatic rings. The molecule has 1 unspecified atom stereocenters. The molecule has 1 aliphatic rings. The summed E-state index contributed by atoms with van der Waals surface area (Å²) < 4.78 is 6.43. The van der Waals surface area contributed by atoms with Crippen molar-refractivity contribution in [2.45, 2.75) is 12.8 Å². The highest BCUT2D eigenvalue weighted by atomic mass is 127. The maximum atomic E-state index is 12.1. The predicted octanol–water partition coefficient (Wildman–Crippen LogP) is -1.13. The largest absolute Gasteiger partial charge is 0.396 e. The number of nitrogens with zero attached hydrogens (tertiary/aromatic N) is 4. The van der Waals surface area contributed by atoms with Crippen molar-refractivity contribution in [3.8, 4) is 0 Å². The van der Waals surface area contributed by atoms with Gasteiger partial charge in [0.2, 0.25) is 12.4 Å². The molecule has 1 atom stereocenters. The highest BCUT2D eigenvalue weighted by Crippen LogP contribution is 2.31. The number of ether oxygens (including phenoxy) is 1. The normalized spacial score (nSPS) is 14.9. The molecule has 0 aliphatic carbocycles. The summed E-state index contributed by atoms with van der Waals surface area (Å²) in [5.41, 5.74) is 5.76. The van der Waals surface area contributed by atoms with Gasteiger partial charge in [0.1, 0.15) is 5.69 Å². The first kappa shape index (κ1) is 17.9. The second-order valence-electron chi connectivity index (χ2n) is 4.59. The van der Waals surface area contributed by atoms with Crippen LogP contribution in [0.5, 0.6) is 0 Å². The van der Waals surface area contributed by atoms with Gasteiger partial charge < -0.3 is 25.6 Å². The van der Waals surface area contributed by atoms with Crippen molar-refractivity contribution in [2.75, 3.05) is 42.5 Å². The Balaban J connectivity index is 0.00000220. The molecule has 120 valence electrons. The number of aliphatic hydroxyl groups is 2. The zero-order valence-corrected chi connectivity index (χ0v) is 14.2. The molecule has 0 amide bonds. The predicted molar refractivity (Wildman–Crippen MR) is 88.7 cm³/mol.